The number of hydrogen-bond donors (Lipinski definition) is 1. The summed E-state index contributed by atoms with van der Waals surface area (Å²) in [6.07, 6.45) is 1.24. The second kappa shape index (κ2) is 7.18. The number of hydrogen-bond acceptors (Lipinski definition) is 2. The van der Waals surface area contributed by atoms with Gasteiger partial charge < -0.3 is 10.0 Å². The van der Waals surface area contributed by atoms with Gasteiger partial charge in [0, 0.05) is 18.7 Å². The summed E-state index contributed by atoms with van der Waals surface area (Å²) in [6, 6.07) is 15.7. The monoisotopic (exact) mass is 323 g/mol. The van der Waals surface area contributed by atoms with Crippen LogP contribution >= 0.6 is 0 Å². The van der Waals surface area contributed by atoms with Crippen molar-refractivity contribution in [3.8, 4) is 0 Å². The topological polar surface area (TPSA) is 40.5 Å². The van der Waals surface area contributed by atoms with Crippen molar-refractivity contribution in [3.05, 3.63) is 70.8 Å². The van der Waals surface area contributed by atoms with Crippen molar-refractivity contribution < 1.29 is 9.90 Å². The number of aliphatic hydroxyl groups excluding tert-OH is 1. The predicted octanol–water partition coefficient (Wildman–Crippen LogP) is 3.89. The highest BCUT2D eigenvalue weighted by Gasteiger charge is 2.29. The van der Waals surface area contributed by atoms with Crippen molar-refractivity contribution in [2.24, 2.45) is 5.92 Å². The highest BCUT2D eigenvalue weighted by Crippen LogP contribution is 2.31. The number of piperidine rings is 1. The van der Waals surface area contributed by atoms with E-state index in [4.69, 9.17) is 0 Å². The van der Waals surface area contributed by atoms with Crippen molar-refractivity contribution in [1.82, 2.24) is 4.90 Å². The van der Waals surface area contributed by atoms with Crippen LogP contribution < -0.4 is 0 Å². The molecular weight excluding hydrogens is 298 g/mol. The number of carbonyl (C=O) groups excluding carboxylic acids is 1. The minimum atomic E-state index is -0.441. The summed E-state index contributed by atoms with van der Waals surface area (Å²) >= 11 is 0. The molecule has 1 amide bonds. The van der Waals surface area contributed by atoms with E-state index < -0.39 is 6.10 Å². The summed E-state index contributed by atoms with van der Waals surface area (Å²) in [7, 11) is 0. The van der Waals surface area contributed by atoms with Gasteiger partial charge in [0.1, 0.15) is 0 Å². The van der Waals surface area contributed by atoms with E-state index in [0.29, 0.717) is 13.1 Å². The molecule has 1 fully saturated rings. The zero-order chi connectivity index (χ0) is 17.1. The molecule has 24 heavy (non-hydrogen) atoms. The van der Waals surface area contributed by atoms with E-state index in [2.05, 4.69) is 0 Å². The van der Waals surface area contributed by atoms with E-state index in [-0.39, 0.29) is 11.8 Å². The van der Waals surface area contributed by atoms with E-state index in [1.807, 2.05) is 67.3 Å². The van der Waals surface area contributed by atoms with E-state index in [1.54, 1.807) is 0 Å². The minimum absolute atomic E-state index is 0.115. The maximum atomic E-state index is 12.8. The fraction of sp³-hybridized carbons (Fsp3) is 0.381. The van der Waals surface area contributed by atoms with Crippen LogP contribution in [-0.2, 0) is 0 Å². The fourth-order valence-electron chi connectivity index (χ4n) is 3.49. The van der Waals surface area contributed by atoms with Gasteiger partial charge in [0.2, 0.25) is 0 Å². The zero-order valence-electron chi connectivity index (χ0n) is 14.4. The highest BCUT2D eigenvalue weighted by molar-refractivity contribution is 5.96. The molecule has 0 radical (unpaired) electrons. The zero-order valence-corrected chi connectivity index (χ0v) is 14.4. The Morgan fingerprint density at radius 1 is 1.04 bits per heavy atom. The normalized spacial score (nSPS) is 16.9. The number of rotatable bonds is 3. The lowest BCUT2D eigenvalue weighted by Crippen LogP contribution is -2.40. The first kappa shape index (κ1) is 16.7. The van der Waals surface area contributed by atoms with Crippen molar-refractivity contribution in [3.63, 3.8) is 0 Å². The van der Waals surface area contributed by atoms with E-state index in [9.17, 15) is 9.90 Å². The molecule has 1 aliphatic rings. The van der Waals surface area contributed by atoms with Gasteiger partial charge in [0.05, 0.1) is 6.10 Å². The molecule has 0 aliphatic carbocycles. The van der Waals surface area contributed by atoms with E-state index in [1.165, 1.54) is 0 Å². The standard InChI is InChI=1S/C21H25NO2/c1-15-7-6-10-19(16(15)2)21(24)22-13-11-18(12-14-22)20(23)17-8-4-3-5-9-17/h3-10,18,20,23H,11-14H2,1-2H3. The molecule has 1 N–H and O–H groups in total. The molecule has 0 aromatic heterocycles. The van der Waals surface area contributed by atoms with Crippen LogP contribution in [0.5, 0.6) is 0 Å². The van der Waals surface area contributed by atoms with Crippen molar-refractivity contribution in [2.75, 3.05) is 13.1 Å². The lowest BCUT2D eigenvalue weighted by Gasteiger charge is -2.34. The summed E-state index contributed by atoms with van der Waals surface area (Å²) in [5.41, 5.74) is 3.98. The lowest BCUT2D eigenvalue weighted by molar-refractivity contribution is 0.0462. The SMILES string of the molecule is Cc1cccc(C(=O)N2CCC(C(O)c3ccccc3)CC2)c1C. The first-order chi connectivity index (χ1) is 11.6. The molecule has 1 aliphatic heterocycles. The van der Waals surface area contributed by atoms with Gasteiger partial charge >= 0.3 is 0 Å². The van der Waals surface area contributed by atoms with Crippen molar-refractivity contribution in [1.29, 1.82) is 0 Å². The van der Waals surface area contributed by atoms with Gasteiger partial charge in [0.15, 0.2) is 0 Å². The predicted molar refractivity (Wildman–Crippen MR) is 95.9 cm³/mol. The summed E-state index contributed by atoms with van der Waals surface area (Å²) < 4.78 is 0. The minimum Gasteiger partial charge on any atom is -0.388 e. The van der Waals surface area contributed by atoms with Crippen LogP contribution in [-0.4, -0.2) is 29.0 Å². The van der Waals surface area contributed by atoms with Crippen LogP contribution in [0.25, 0.3) is 0 Å². The summed E-state index contributed by atoms with van der Waals surface area (Å²) in [5.74, 6) is 0.332. The Hall–Kier alpha value is -2.13. The van der Waals surface area contributed by atoms with Gasteiger partial charge in [-0.3, -0.25) is 4.79 Å². The molecule has 1 unspecified atom stereocenters. The molecule has 0 bridgehead atoms. The molecule has 3 rings (SSSR count). The van der Waals surface area contributed by atoms with Gasteiger partial charge in [-0.15, -0.1) is 0 Å². The van der Waals surface area contributed by atoms with Gasteiger partial charge in [-0.05, 0) is 55.4 Å². The number of aliphatic hydroxyl groups is 1. The number of likely N-dealkylation sites (tertiary alicyclic amines) is 1. The van der Waals surface area contributed by atoms with Crippen LogP contribution in [0.3, 0.4) is 0 Å². The molecule has 1 heterocycles. The number of carbonyl (C=O) groups is 1. The van der Waals surface area contributed by atoms with Crippen molar-refractivity contribution >= 4 is 5.91 Å². The fourth-order valence-corrected chi connectivity index (χ4v) is 3.49. The molecule has 126 valence electrons. The Kier molecular flexibility index (Phi) is 5.00. The maximum Gasteiger partial charge on any atom is 0.254 e. The third kappa shape index (κ3) is 3.36. The van der Waals surface area contributed by atoms with E-state index in [0.717, 1.165) is 35.1 Å². The summed E-state index contributed by atoms with van der Waals surface area (Å²) in [5, 5.41) is 10.6. The first-order valence-electron chi connectivity index (χ1n) is 8.66. The molecule has 2 aromatic rings. The Morgan fingerprint density at radius 3 is 2.38 bits per heavy atom. The quantitative estimate of drug-likeness (QED) is 0.931. The molecular formula is C21H25NO2. The summed E-state index contributed by atoms with van der Waals surface area (Å²) in [4.78, 5) is 14.7. The smallest absolute Gasteiger partial charge is 0.254 e. The molecule has 3 nitrogen and oxygen atoms in total. The Balaban J connectivity index is 1.65. The molecule has 1 saturated heterocycles. The van der Waals surface area contributed by atoms with Gasteiger partial charge in [-0.1, -0.05) is 42.5 Å². The van der Waals surface area contributed by atoms with Crippen LogP contribution in [0, 0.1) is 19.8 Å². The molecule has 0 spiro atoms. The van der Waals surface area contributed by atoms with Crippen LogP contribution in [0.4, 0.5) is 0 Å². The van der Waals surface area contributed by atoms with Crippen LogP contribution in [0.2, 0.25) is 0 Å². The Labute approximate surface area is 143 Å². The van der Waals surface area contributed by atoms with Crippen LogP contribution in [0.15, 0.2) is 48.5 Å². The number of aryl methyl sites for hydroxylation is 1. The number of nitrogens with zero attached hydrogens (tertiary/aromatic N) is 1. The number of benzene rings is 2. The largest absolute Gasteiger partial charge is 0.388 e. The third-order valence-corrected chi connectivity index (χ3v) is 5.25. The third-order valence-electron chi connectivity index (χ3n) is 5.25. The Bertz CT molecular complexity index is 703. The maximum absolute atomic E-state index is 12.8. The molecule has 2 aromatic carbocycles. The average molecular weight is 323 g/mol. The van der Waals surface area contributed by atoms with Gasteiger partial charge in [-0.25, -0.2) is 0 Å². The van der Waals surface area contributed by atoms with Gasteiger partial charge in [0.25, 0.3) is 5.91 Å². The lowest BCUT2D eigenvalue weighted by atomic mass is 9.87. The number of amides is 1. The summed E-state index contributed by atoms with van der Waals surface area (Å²) in [6.45, 7) is 5.46. The van der Waals surface area contributed by atoms with Gasteiger partial charge in [-0.2, -0.15) is 0 Å². The molecule has 3 heteroatoms. The van der Waals surface area contributed by atoms with E-state index >= 15 is 0 Å². The second-order valence-corrected chi connectivity index (χ2v) is 6.73. The first-order valence-corrected chi connectivity index (χ1v) is 8.66. The molecule has 0 saturated carbocycles. The van der Waals surface area contributed by atoms with Crippen molar-refractivity contribution in [2.45, 2.75) is 32.8 Å². The highest BCUT2D eigenvalue weighted by atomic mass is 16.3. The second-order valence-electron chi connectivity index (χ2n) is 6.73. The molecule has 1 atom stereocenters. The Morgan fingerprint density at radius 2 is 1.71 bits per heavy atom. The van der Waals surface area contributed by atoms with Crippen LogP contribution in [0.1, 0.15) is 46.0 Å². The average Bonchev–Trinajstić information content (AvgIpc) is 2.64.